The predicted molar refractivity (Wildman–Crippen MR) is 70.2 cm³/mol. The smallest absolute Gasteiger partial charge is 0.133 e. The van der Waals surface area contributed by atoms with E-state index in [-0.39, 0.29) is 0 Å². The Morgan fingerprint density at radius 1 is 1.37 bits per heavy atom. The molecule has 19 heavy (non-hydrogen) atoms. The van der Waals surface area contributed by atoms with Gasteiger partial charge in [0.2, 0.25) is 0 Å². The quantitative estimate of drug-likeness (QED) is 0.772. The summed E-state index contributed by atoms with van der Waals surface area (Å²) in [7, 11) is 0. The normalized spacial score (nSPS) is 10.8. The van der Waals surface area contributed by atoms with Crippen LogP contribution in [0.1, 0.15) is 11.5 Å². The lowest BCUT2D eigenvalue weighted by molar-refractivity contribution is 0.389. The van der Waals surface area contributed by atoms with Gasteiger partial charge in [-0.25, -0.2) is 9.97 Å². The van der Waals surface area contributed by atoms with Gasteiger partial charge in [0.05, 0.1) is 24.8 Å². The Morgan fingerprint density at radius 2 is 2.26 bits per heavy atom. The lowest BCUT2D eigenvalue weighted by atomic mass is 10.2. The van der Waals surface area contributed by atoms with E-state index in [1.54, 1.807) is 18.7 Å². The largest absolute Gasteiger partial charge is 0.384 e. The molecule has 2 N–H and O–H groups in total. The number of hydrogen-bond acceptors (Lipinski definition) is 5. The number of nitrogens with two attached hydrogens (primary N) is 1. The van der Waals surface area contributed by atoms with Crippen LogP contribution in [0.4, 0.5) is 5.82 Å². The van der Waals surface area contributed by atoms with E-state index in [4.69, 9.17) is 10.3 Å². The second-order valence-corrected chi connectivity index (χ2v) is 4.31. The third kappa shape index (κ3) is 2.33. The van der Waals surface area contributed by atoms with Gasteiger partial charge < -0.3 is 14.8 Å². The minimum Gasteiger partial charge on any atom is -0.384 e. The Balaban J connectivity index is 1.94. The molecule has 6 nitrogen and oxygen atoms in total. The summed E-state index contributed by atoms with van der Waals surface area (Å²) in [6.45, 7) is 2.48. The highest BCUT2D eigenvalue weighted by atomic mass is 16.5. The molecule has 0 aliphatic rings. The molecule has 0 saturated carbocycles. The lowest BCUT2D eigenvalue weighted by Crippen LogP contribution is -2.01. The summed E-state index contributed by atoms with van der Waals surface area (Å²) in [6.07, 6.45) is 5.24. The van der Waals surface area contributed by atoms with Crippen LogP contribution in [0, 0.1) is 6.92 Å². The Hall–Kier alpha value is -2.63. The van der Waals surface area contributed by atoms with Crippen molar-refractivity contribution in [1.82, 2.24) is 19.7 Å². The SMILES string of the molecule is Cc1cc(Cn2cncc2-c2ccnc(N)c2)no1. The molecule has 0 aliphatic carbocycles. The van der Waals surface area contributed by atoms with Crippen LogP contribution in [-0.4, -0.2) is 19.7 Å². The summed E-state index contributed by atoms with van der Waals surface area (Å²) in [5.74, 6) is 1.28. The zero-order valence-corrected chi connectivity index (χ0v) is 10.4. The van der Waals surface area contributed by atoms with Gasteiger partial charge in [0, 0.05) is 17.8 Å². The van der Waals surface area contributed by atoms with Crippen LogP contribution in [0.15, 0.2) is 41.4 Å². The molecule has 0 aliphatic heterocycles. The average molecular weight is 255 g/mol. The van der Waals surface area contributed by atoms with Crippen LogP contribution >= 0.6 is 0 Å². The van der Waals surface area contributed by atoms with Gasteiger partial charge in [-0.05, 0) is 19.1 Å². The van der Waals surface area contributed by atoms with Crippen LogP contribution in [0.2, 0.25) is 0 Å². The van der Waals surface area contributed by atoms with Crippen LogP contribution in [0.5, 0.6) is 0 Å². The maximum absolute atomic E-state index is 5.70. The van der Waals surface area contributed by atoms with Gasteiger partial charge in [0.15, 0.2) is 0 Å². The highest BCUT2D eigenvalue weighted by Crippen LogP contribution is 2.20. The van der Waals surface area contributed by atoms with E-state index in [1.807, 2.05) is 29.7 Å². The van der Waals surface area contributed by atoms with Gasteiger partial charge in [0.1, 0.15) is 17.3 Å². The molecule has 96 valence electrons. The van der Waals surface area contributed by atoms with E-state index >= 15 is 0 Å². The summed E-state index contributed by atoms with van der Waals surface area (Å²) in [5.41, 5.74) is 8.51. The average Bonchev–Trinajstić information content (AvgIpc) is 2.99. The molecule has 0 bridgehead atoms. The van der Waals surface area contributed by atoms with Gasteiger partial charge in [-0.3, -0.25) is 0 Å². The third-order valence-electron chi connectivity index (χ3n) is 2.80. The maximum Gasteiger partial charge on any atom is 0.133 e. The molecule has 0 unspecified atom stereocenters. The van der Waals surface area contributed by atoms with E-state index in [0.717, 1.165) is 22.7 Å². The Morgan fingerprint density at radius 3 is 3.00 bits per heavy atom. The topological polar surface area (TPSA) is 82.8 Å². The predicted octanol–water partition coefficient (Wildman–Crippen LogP) is 1.87. The van der Waals surface area contributed by atoms with Gasteiger partial charge in [-0.15, -0.1) is 0 Å². The van der Waals surface area contributed by atoms with Crippen molar-refractivity contribution >= 4 is 5.82 Å². The van der Waals surface area contributed by atoms with Crippen molar-refractivity contribution in [2.24, 2.45) is 0 Å². The molecule has 0 atom stereocenters. The van der Waals surface area contributed by atoms with Crippen molar-refractivity contribution in [3.8, 4) is 11.3 Å². The van der Waals surface area contributed by atoms with Gasteiger partial charge in [0.25, 0.3) is 0 Å². The zero-order chi connectivity index (χ0) is 13.2. The lowest BCUT2D eigenvalue weighted by Gasteiger charge is -2.06. The molecule has 0 fully saturated rings. The summed E-state index contributed by atoms with van der Waals surface area (Å²) >= 11 is 0. The Bertz CT molecular complexity index is 700. The first-order chi connectivity index (χ1) is 9.22. The Kier molecular flexibility index (Phi) is 2.75. The second kappa shape index (κ2) is 4.56. The molecule has 0 spiro atoms. The number of nitrogens with zero attached hydrogens (tertiary/aromatic N) is 4. The van der Waals surface area contributed by atoms with Gasteiger partial charge in [-0.1, -0.05) is 5.16 Å². The highest BCUT2D eigenvalue weighted by Gasteiger charge is 2.08. The molecular weight excluding hydrogens is 242 g/mol. The second-order valence-electron chi connectivity index (χ2n) is 4.31. The minimum atomic E-state index is 0.488. The number of anilines is 1. The fourth-order valence-electron chi connectivity index (χ4n) is 1.96. The summed E-state index contributed by atoms with van der Waals surface area (Å²) in [4.78, 5) is 8.16. The Labute approximate surface area is 109 Å². The van der Waals surface area contributed by atoms with Crippen molar-refractivity contribution in [1.29, 1.82) is 0 Å². The molecular formula is C13H13N5O. The molecule has 0 aromatic carbocycles. The first-order valence-corrected chi connectivity index (χ1v) is 5.86. The molecule has 3 aromatic heterocycles. The molecule has 3 heterocycles. The van der Waals surface area contributed by atoms with E-state index in [2.05, 4.69) is 15.1 Å². The van der Waals surface area contributed by atoms with E-state index in [1.165, 1.54) is 0 Å². The number of hydrogen-bond donors (Lipinski definition) is 1. The number of rotatable bonds is 3. The first-order valence-electron chi connectivity index (χ1n) is 5.86. The van der Waals surface area contributed by atoms with Crippen LogP contribution < -0.4 is 5.73 Å². The monoisotopic (exact) mass is 255 g/mol. The van der Waals surface area contributed by atoms with Crippen molar-refractivity contribution in [2.45, 2.75) is 13.5 Å². The van der Waals surface area contributed by atoms with Crippen molar-refractivity contribution in [3.05, 3.63) is 48.4 Å². The maximum atomic E-state index is 5.70. The van der Waals surface area contributed by atoms with Crippen LogP contribution in [-0.2, 0) is 6.54 Å². The number of pyridine rings is 1. The molecule has 0 radical (unpaired) electrons. The highest BCUT2D eigenvalue weighted by molar-refractivity contribution is 5.61. The fraction of sp³-hybridized carbons (Fsp3) is 0.154. The summed E-state index contributed by atoms with van der Waals surface area (Å²) in [5, 5.41) is 3.98. The van der Waals surface area contributed by atoms with E-state index < -0.39 is 0 Å². The van der Waals surface area contributed by atoms with E-state index in [9.17, 15) is 0 Å². The molecule has 0 amide bonds. The van der Waals surface area contributed by atoms with Crippen LogP contribution in [0.3, 0.4) is 0 Å². The fourth-order valence-corrected chi connectivity index (χ4v) is 1.96. The van der Waals surface area contributed by atoms with Gasteiger partial charge in [-0.2, -0.15) is 0 Å². The van der Waals surface area contributed by atoms with Gasteiger partial charge >= 0.3 is 0 Å². The van der Waals surface area contributed by atoms with Crippen LogP contribution in [0.25, 0.3) is 11.3 Å². The summed E-state index contributed by atoms with van der Waals surface area (Å²) in [6, 6.07) is 5.63. The first kappa shape index (κ1) is 11.5. The molecule has 3 rings (SSSR count). The number of aryl methyl sites for hydroxylation is 1. The number of aromatic nitrogens is 4. The molecule has 3 aromatic rings. The number of nitrogen functional groups attached to an aromatic ring is 1. The standard InChI is InChI=1S/C13H13N5O/c1-9-4-11(17-19-9)7-18-8-15-6-12(18)10-2-3-16-13(14)5-10/h2-6,8H,7H2,1H3,(H2,14,16). The van der Waals surface area contributed by atoms with Crippen molar-refractivity contribution in [2.75, 3.05) is 5.73 Å². The van der Waals surface area contributed by atoms with Crippen molar-refractivity contribution in [3.63, 3.8) is 0 Å². The van der Waals surface area contributed by atoms with E-state index in [0.29, 0.717) is 12.4 Å². The van der Waals surface area contributed by atoms with Crippen molar-refractivity contribution < 1.29 is 4.52 Å². The molecule has 0 saturated heterocycles. The minimum absolute atomic E-state index is 0.488. The molecule has 6 heteroatoms. The third-order valence-corrected chi connectivity index (χ3v) is 2.80. The zero-order valence-electron chi connectivity index (χ0n) is 10.4. The summed E-state index contributed by atoms with van der Waals surface area (Å²) < 4.78 is 7.06. The number of imidazole rings is 1.